The maximum Gasteiger partial charge on any atom is 0.225 e. The number of primary amides is 2. The summed E-state index contributed by atoms with van der Waals surface area (Å²) in [6, 6.07) is 0.265. The predicted octanol–water partition coefficient (Wildman–Crippen LogP) is 13.7. The summed E-state index contributed by atoms with van der Waals surface area (Å²) in [6.07, 6.45) is 13.1. The van der Waals surface area contributed by atoms with Crippen molar-refractivity contribution in [2.24, 2.45) is 82.0 Å². The normalized spacial score (nSPS) is 13.7. The van der Waals surface area contributed by atoms with E-state index in [1.165, 1.54) is 6.92 Å². The van der Waals surface area contributed by atoms with Crippen molar-refractivity contribution >= 4 is 76.7 Å². The van der Waals surface area contributed by atoms with Crippen LogP contribution in [-0.2, 0) is 76.5 Å². The molecular formula is C94H196N12O18. The SMILES string of the molecule is CCC(C)(C)C(N)=O.CCC(C)C(=O)N(C)C.CCC(C)C(=O)N(CC)CC.CCC(C)C(=O)N1CCOCC1.CCC(C)C(=O)NC(C)(C)C.CCC(C)C(=O)NC(C)(C)CC(C)=O.CCC(C)C(=O)NC(C)C.CCC(C)C(=O)NCCO.CCC(C)C(=O)NCO.CCC(C)C(=O)NCOC.CCC(C)C(N)=O.CCCCOCNC(=O)C(C)CC. The van der Waals surface area contributed by atoms with Gasteiger partial charge in [0.15, 0.2) is 0 Å². The van der Waals surface area contributed by atoms with Gasteiger partial charge in [-0.05, 0) is 153 Å². The van der Waals surface area contributed by atoms with E-state index in [0.717, 1.165) is 123 Å². The molecule has 1 saturated heterocycles. The lowest BCUT2D eigenvalue weighted by Gasteiger charge is -2.28. The molecule has 30 nitrogen and oxygen atoms in total. The van der Waals surface area contributed by atoms with Crippen LogP contribution >= 0.6 is 0 Å². The third-order valence-electron chi connectivity index (χ3n) is 20.1. The molecule has 1 fully saturated rings. The molecule has 1 aliphatic rings. The van der Waals surface area contributed by atoms with Crippen molar-refractivity contribution in [3.63, 3.8) is 0 Å². The quantitative estimate of drug-likeness (QED) is 0.0200. The van der Waals surface area contributed by atoms with E-state index in [1.807, 2.05) is 245 Å². The zero-order valence-corrected chi connectivity index (χ0v) is 86.4. The van der Waals surface area contributed by atoms with Crippen LogP contribution in [0.2, 0.25) is 0 Å². The number of ketones is 1. The van der Waals surface area contributed by atoms with Crippen molar-refractivity contribution in [1.82, 2.24) is 51.9 Å². The first-order valence-corrected chi connectivity index (χ1v) is 46.1. The first-order chi connectivity index (χ1) is 57.3. The van der Waals surface area contributed by atoms with Crippen LogP contribution in [0, 0.1) is 70.5 Å². The molecule has 0 bridgehead atoms. The molecule has 1 aliphatic heterocycles. The number of ether oxygens (including phenoxy) is 3. The van der Waals surface area contributed by atoms with Crippen LogP contribution < -0.4 is 48.7 Å². The van der Waals surface area contributed by atoms with Crippen molar-refractivity contribution in [2.75, 3.05) is 101 Å². The topological polar surface area (TPSA) is 436 Å². The zero-order valence-electron chi connectivity index (χ0n) is 86.4. The molecule has 1 heterocycles. The van der Waals surface area contributed by atoms with Gasteiger partial charge in [0.2, 0.25) is 70.9 Å². The Hall–Kier alpha value is -6.89. The molecule has 11 atom stereocenters. The summed E-state index contributed by atoms with van der Waals surface area (Å²) in [4.78, 5) is 149. The van der Waals surface area contributed by atoms with E-state index in [1.54, 1.807) is 26.1 Å². The predicted molar refractivity (Wildman–Crippen MR) is 508 cm³/mol. The number of nitrogens with one attached hydrogen (secondary N) is 7. The van der Waals surface area contributed by atoms with Crippen LogP contribution in [0.5, 0.6) is 0 Å². The Kier molecular flexibility index (Phi) is 99.7. The third-order valence-corrected chi connectivity index (χ3v) is 20.1. The number of carbonyl (C=O) groups is 13. The first-order valence-electron chi connectivity index (χ1n) is 46.1. The number of methoxy groups -OCH3 is 1. The minimum absolute atomic E-state index is 0.0112. The van der Waals surface area contributed by atoms with Gasteiger partial charge >= 0.3 is 0 Å². The molecule has 0 spiro atoms. The Morgan fingerprint density at radius 1 is 0.452 bits per heavy atom. The van der Waals surface area contributed by atoms with Gasteiger partial charge in [-0.2, -0.15) is 0 Å². The average molecular weight is 1780 g/mol. The molecule has 13 N–H and O–H groups in total. The van der Waals surface area contributed by atoms with Crippen LogP contribution in [0.25, 0.3) is 0 Å². The second-order valence-electron chi connectivity index (χ2n) is 34.4. The molecule has 0 aliphatic carbocycles. The number of carbonyl (C=O) groups excluding carboxylic acids is 13. The van der Waals surface area contributed by atoms with E-state index in [0.29, 0.717) is 39.6 Å². The van der Waals surface area contributed by atoms with Gasteiger partial charge in [0.25, 0.3) is 0 Å². The second kappa shape index (κ2) is 88.2. The maximum absolute atomic E-state index is 11.6. The number of Topliss-reactive ketones (excluding diaryl/α,β-unsaturated/α-hetero) is 1. The summed E-state index contributed by atoms with van der Waals surface area (Å²) in [5.41, 5.74) is 9.11. The molecule has 0 radical (unpaired) electrons. The van der Waals surface area contributed by atoms with E-state index >= 15 is 0 Å². The first kappa shape index (κ1) is 140. The standard InChI is InChI=1S/C11H21NO2.C10H21NO2.C9H17NO2.2C9H19NO.C8H17NO.2C7H15NO2.C7H15NO.C6H13NO2.C6H13NO.C5H11NO/c1-6-8(2)10(14)12-11(4,5)7-9(3)13;1-4-6-7-13-8-11-10(12)9(3)5-2;1-3-8(2)9(11)10-4-6-12-7-5-10;1-6-7(2)8(11)10-9(3,4)5;1-5-8(4)9(11)10(6-2)7-3;1-5-7(4)8(10)9-6(2)3;1-4-6(2)7(9)8-5-10-3;1-3-6(2)7(10)8-4-5-9;1-5-6(2)7(9)8(3)4;1-3-5(2)6(9)7-4-8;1-4-6(2,3)5(7)8;1-3-4(2)5(6)7/h8H,6-7H2,1-5H3,(H,12,14);9H,4-8H2,1-3H3,(H,11,12);8H,3-7H2,1-2H3;7H,6H2,1-5H3,(H,10,11);8H,5-7H2,1-4H3;6-7H,5H2,1-4H3,(H,9,10);6H,4-5H2,1-3H3,(H,8,9);6,9H,3-5H2,1-2H3,(H,8,10);6H,5H2,1-4H3;5,8H,3-4H2,1-2H3,(H,7,9);4H2,1-3H3,(H2,7,8);4H,3H2,1-2H3,(H2,6,7). The van der Waals surface area contributed by atoms with Crippen molar-refractivity contribution in [3.8, 4) is 0 Å². The highest BCUT2D eigenvalue weighted by molar-refractivity contribution is 5.83. The average Bonchev–Trinajstić information content (AvgIpc) is 0.889. The number of aliphatic hydroxyl groups excluding tert-OH is 2. The summed E-state index contributed by atoms with van der Waals surface area (Å²) in [5, 5.41) is 35.5. The summed E-state index contributed by atoms with van der Waals surface area (Å²) in [7, 11) is 5.12. The second-order valence-corrected chi connectivity index (χ2v) is 34.4. The number of nitrogens with two attached hydrogens (primary N) is 2. The van der Waals surface area contributed by atoms with Gasteiger partial charge in [0, 0.05) is 155 Å². The minimum Gasteiger partial charge on any atom is -0.395 e. The fraction of sp³-hybridized carbons (Fsp3) is 0.862. The molecule has 0 saturated carbocycles. The molecular weight excluding hydrogens is 1590 g/mol. The van der Waals surface area contributed by atoms with E-state index in [9.17, 15) is 62.3 Å². The van der Waals surface area contributed by atoms with E-state index in [2.05, 4.69) is 48.9 Å². The number of hydrogen-bond donors (Lipinski definition) is 11. The van der Waals surface area contributed by atoms with Gasteiger partial charge in [-0.3, -0.25) is 62.3 Å². The van der Waals surface area contributed by atoms with Crippen LogP contribution in [-0.4, -0.2) is 219 Å². The lowest BCUT2D eigenvalue weighted by atomic mass is 9.90. The maximum atomic E-state index is 11.6. The van der Waals surface area contributed by atoms with Gasteiger partial charge in [0.05, 0.1) is 19.8 Å². The lowest BCUT2D eigenvalue weighted by Crippen LogP contribution is -2.46. The number of nitrogens with zero attached hydrogens (tertiary/aromatic N) is 3. The van der Waals surface area contributed by atoms with Crippen molar-refractivity contribution in [3.05, 3.63) is 0 Å². The molecule has 11 unspecified atom stereocenters. The zero-order chi connectivity index (χ0) is 99.8. The van der Waals surface area contributed by atoms with Crippen LogP contribution in [0.4, 0.5) is 0 Å². The third kappa shape index (κ3) is 89.9. The summed E-state index contributed by atoms with van der Waals surface area (Å²) in [6.45, 7) is 76.1. The molecule has 124 heavy (non-hydrogen) atoms. The Labute approximate surface area is 757 Å². The van der Waals surface area contributed by atoms with Gasteiger partial charge in [-0.1, -0.05) is 186 Å². The smallest absolute Gasteiger partial charge is 0.225 e. The number of amides is 12. The molecule has 12 amide bonds. The van der Waals surface area contributed by atoms with E-state index in [4.69, 9.17) is 31.2 Å². The molecule has 740 valence electrons. The minimum atomic E-state index is -0.424. The van der Waals surface area contributed by atoms with Gasteiger partial charge in [0.1, 0.15) is 26.0 Å². The van der Waals surface area contributed by atoms with Crippen molar-refractivity contribution in [1.29, 1.82) is 0 Å². The lowest BCUT2D eigenvalue weighted by molar-refractivity contribution is -0.139. The number of aliphatic hydroxyl groups is 2. The summed E-state index contributed by atoms with van der Waals surface area (Å²) < 4.78 is 15.1. The summed E-state index contributed by atoms with van der Waals surface area (Å²) >= 11 is 0. The largest absolute Gasteiger partial charge is 0.395 e. The van der Waals surface area contributed by atoms with E-state index < -0.39 is 5.54 Å². The highest BCUT2D eigenvalue weighted by Crippen LogP contribution is 2.18. The molecule has 30 heteroatoms. The van der Waals surface area contributed by atoms with E-state index in [-0.39, 0.29) is 172 Å². The van der Waals surface area contributed by atoms with Gasteiger partial charge < -0.3 is 87.8 Å². The number of unbranched alkanes of at least 4 members (excludes halogenated alkanes) is 1. The van der Waals surface area contributed by atoms with Crippen LogP contribution in [0.15, 0.2) is 0 Å². The summed E-state index contributed by atoms with van der Waals surface area (Å²) in [5.74, 6) is 2.03. The van der Waals surface area contributed by atoms with Gasteiger partial charge in [-0.25, -0.2) is 0 Å². The molecule has 0 aromatic heterocycles. The fourth-order valence-corrected chi connectivity index (χ4v) is 8.16. The van der Waals surface area contributed by atoms with Crippen LogP contribution in [0.1, 0.15) is 346 Å². The molecule has 0 aromatic rings. The fourth-order valence-electron chi connectivity index (χ4n) is 8.16. The van der Waals surface area contributed by atoms with Crippen molar-refractivity contribution < 1.29 is 86.8 Å². The Balaban J connectivity index is -0.000000125. The van der Waals surface area contributed by atoms with Crippen molar-refractivity contribution in [2.45, 2.75) is 363 Å². The highest BCUT2D eigenvalue weighted by atomic mass is 16.5. The Bertz CT molecular complexity index is 2680. The number of morpholine rings is 1. The highest BCUT2D eigenvalue weighted by Gasteiger charge is 2.26. The Morgan fingerprint density at radius 2 is 0.798 bits per heavy atom. The number of rotatable bonds is 40. The monoisotopic (exact) mass is 1780 g/mol. The Morgan fingerprint density at radius 3 is 1.07 bits per heavy atom. The molecule has 1 rings (SSSR count). The van der Waals surface area contributed by atoms with Gasteiger partial charge in [-0.15, -0.1) is 0 Å². The van der Waals surface area contributed by atoms with Crippen LogP contribution in [0.3, 0.4) is 0 Å². The molecule has 0 aromatic carbocycles. The number of hydrogen-bond acceptors (Lipinski definition) is 18.